The Morgan fingerprint density at radius 3 is 2.19 bits per heavy atom. The maximum Gasteiger partial charge on any atom is 0.251 e. The lowest BCUT2D eigenvalue weighted by molar-refractivity contribution is 0.0953. The van der Waals surface area contributed by atoms with Crippen LogP contribution in [-0.2, 0) is 12.2 Å². The molecule has 31 heavy (non-hydrogen) atoms. The van der Waals surface area contributed by atoms with Crippen molar-refractivity contribution in [3.8, 4) is 5.75 Å². The fourth-order valence-corrected chi connectivity index (χ4v) is 4.01. The van der Waals surface area contributed by atoms with E-state index in [2.05, 4.69) is 48.6 Å². The molecule has 4 heteroatoms. The van der Waals surface area contributed by atoms with Crippen molar-refractivity contribution in [3.63, 3.8) is 0 Å². The molecular weight excluding hydrogens is 402 g/mol. The molecule has 0 aliphatic carbocycles. The number of hydrogen-bond acceptors (Lipinski definition) is 3. The van der Waals surface area contributed by atoms with E-state index in [9.17, 15) is 4.79 Å². The van der Waals surface area contributed by atoms with Gasteiger partial charge >= 0.3 is 0 Å². The molecular formula is C27H31NO2S. The van der Waals surface area contributed by atoms with E-state index in [1.54, 1.807) is 11.8 Å². The zero-order valence-corrected chi connectivity index (χ0v) is 19.4. The average molecular weight is 434 g/mol. The van der Waals surface area contributed by atoms with Crippen LogP contribution in [-0.4, -0.2) is 18.6 Å². The maximum atomic E-state index is 12.4. The minimum absolute atomic E-state index is 0.0154. The molecule has 3 rings (SSSR count). The van der Waals surface area contributed by atoms with Crippen LogP contribution in [0.15, 0.2) is 77.7 Å². The van der Waals surface area contributed by atoms with Crippen molar-refractivity contribution in [1.82, 2.24) is 5.32 Å². The fourth-order valence-electron chi connectivity index (χ4n) is 3.16. The zero-order chi connectivity index (χ0) is 22.1. The third kappa shape index (κ3) is 7.80. The summed E-state index contributed by atoms with van der Waals surface area (Å²) >= 11 is 1.81. The number of thioether (sulfide) groups is 1. The summed E-state index contributed by atoms with van der Waals surface area (Å²) in [5.41, 5.74) is 4.45. The number of nitrogens with one attached hydrogen (secondary N) is 1. The Morgan fingerprint density at radius 2 is 1.55 bits per heavy atom. The summed E-state index contributed by atoms with van der Waals surface area (Å²) in [5, 5.41) is 3.02. The molecule has 0 heterocycles. The molecule has 0 spiro atoms. The summed E-state index contributed by atoms with van der Waals surface area (Å²) in [5.74, 6) is 1.78. The number of carbonyl (C=O) groups excluding carboxylic acids is 1. The van der Waals surface area contributed by atoms with Gasteiger partial charge in [-0.15, -0.1) is 11.8 Å². The highest BCUT2D eigenvalue weighted by atomic mass is 32.2. The van der Waals surface area contributed by atoms with E-state index < -0.39 is 0 Å². The van der Waals surface area contributed by atoms with Gasteiger partial charge < -0.3 is 10.1 Å². The van der Waals surface area contributed by atoms with Crippen LogP contribution in [0.3, 0.4) is 0 Å². The van der Waals surface area contributed by atoms with Crippen molar-refractivity contribution in [2.75, 3.05) is 6.54 Å². The first-order valence-corrected chi connectivity index (χ1v) is 11.8. The Morgan fingerprint density at radius 1 is 0.903 bits per heavy atom. The molecule has 0 radical (unpaired) electrons. The van der Waals surface area contributed by atoms with Crippen molar-refractivity contribution >= 4 is 17.7 Å². The van der Waals surface area contributed by atoms with E-state index in [0.717, 1.165) is 24.3 Å². The average Bonchev–Trinajstić information content (AvgIpc) is 2.77. The second-order valence-corrected chi connectivity index (χ2v) is 9.02. The van der Waals surface area contributed by atoms with Gasteiger partial charge in [-0.05, 0) is 81.1 Å². The number of benzene rings is 3. The van der Waals surface area contributed by atoms with Gasteiger partial charge in [-0.2, -0.15) is 0 Å². The van der Waals surface area contributed by atoms with Gasteiger partial charge in [0.25, 0.3) is 5.91 Å². The lowest BCUT2D eigenvalue weighted by Gasteiger charge is -2.10. The van der Waals surface area contributed by atoms with E-state index in [1.165, 1.54) is 21.6 Å². The highest BCUT2D eigenvalue weighted by Gasteiger charge is 2.05. The predicted molar refractivity (Wildman–Crippen MR) is 130 cm³/mol. The fraction of sp³-hybridized carbons (Fsp3) is 0.296. The number of amides is 1. The lowest BCUT2D eigenvalue weighted by Crippen LogP contribution is -2.24. The number of aryl methyl sites for hydroxylation is 2. The predicted octanol–water partition coefficient (Wildman–Crippen LogP) is 6.44. The minimum Gasteiger partial charge on any atom is -0.491 e. The molecule has 0 saturated heterocycles. The van der Waals surface area contributed by atoms with Gasteiger partial charge in [-0.1, -0.05) is 42.0 Å². The molecule has 0 atom stereocenters. The van der Waals surface area contributed by atoms with Crippen molar-refractivity contribution in [3.05, 3.63) is 95.1 Å². The van der Waals surface area contributed by atoms with Crippen molar-refractivity contribution in [2.24, 2.45) is 0 Å². The van der Waals surface area contributed by atoms with Gasteiger partial charge in [0, 0.05) is 22.8 Å². The smallest absolute Gasteiger partial charge is 0.251 e. The molecule has 0 saturated carbocycles. The van der Waals surface area contributed by atoms with Crippen LogP contribution in [0.2, 0.25) is 0 Å². The van der Waals surface area contributed by atoms with Crippen LogP contribution in [0.4, 0.5) is 0 Å². The first kappa shape index (κ1) is 23.0. The summed E-state index contributed by atoms with van der Waals surface area (Å²) in [6.45, 7) is 6.80. The molecule has 3 aromatic rings. The Balaban J connectivity index is 1.38. The van der Waals surface area contributed by atoms with E-state index in [1.807, 2.05) is 50.2 Å². The van der Waals surface area contributed by atoms with Gasteiger partial charge in [0.1, 0.15) is 5.75 Å². The summed E-state index contributed by atoms with van der Waals surface area (Å²) in [4.78, 5) is 13.7. The molecule has 1 N–H and O–H groups in total. The van der Waals surface area contributed by atoms with Crippen LogP contribution in [0.25, 0.3) is 0 Å². The van der Waals surface area contributed by atoms with Gasteiger partial charge in [-0.3, -0.25) is 4.79 Å². The summed E-state index contributed by atoms with van der Waals surface area (Å²) in [6.07, 6.45) is 2.01. The van der Waals surface area contributed by atoms with E-state index >= 15 is 0 Å². The van der Waals surface area contributed by atoms with E-state index in [0.29, 0.717) is 12.1 Å². The van der Waals surface area contributed by atoms with Crippen molar-refractivity contribution < 1.29 is 9.53 Å². The highest BCUT2D eigenvalue weighted by Crippen LogP contribution is 2.23. The number of carbonyl (C=O) groups is 1. The number of rotatable bonds is 10. The van der Waals surface area contributed by atoms with Gasteiger partial charge in [0.2, 0.25) is 0 Å². The Hall–Kier alpha value is -2.72. The molecule has 0 aromatic heterocycles. The standard InChI is InChI=1S/C27H31NO2S/c1-20(2)30-25-14-10-22(11-15-25)5-4-18-28-27(29)24-12-8-23(9-13-24)19-31-26-16-6-21(3)7-17-26/h6-17,20H,4-5,18-19H2,1-3H3,(H,28,29). The molecule has 0 aliphatic rings. The molecule has 162 valence electrons. The van der Waals surface area contributed by atoms with E-state index in [4.69, 9.17) is 4.74 Å². The van der Waals surface area contributed by atoms with E-state index in [-0.39, 0.29) is 12.0 Å². The van der Waals surface area contributed by atoms with Crippen LogP contribution < -0.4 is 10.1 Å². The highest BCUT2D eigenvalue weighted by molar-refractivity contribution is 7.98. The molecule has 1 amide bonds. The second kappa shape index (κ2) is 11.6. The van der Waals surface area contributed by atoms with Crippen LogP contribution >= 0.6 is 11.8 Å². The quantitative estimate of drug-likeness (QED) is 0.295. The summed E-state index contributed by atoms with van der Waals surface area (Å²) in [6, 6.07) is 24.7. The number of hydrogen-bond donors (Lipinski definition) is 1. The van der Waals surface area contributed by atoms with Crippen LogP contribution in [0, 0.1) is 6.92 Å². The molecule has 0 fully saturated rings. The lowest BCUT2D eigenvalue weighted by atomic mass is 10.1. The van der Waals surface area contributed by atoms with Crippen molar-refractivity contribution in [2.45, 2.75) is 50.4 Å². The molecule has 3 aromatic carbocycles. The van der Waals surface area contributed by atoms with Crippen molar-refractivity contribution in [1.29, 1.82) is 0 Å². The monoisotopic (exact) mass is 433 g/mol. The maximum absolute atomic E-state index is 12.4. The van der Waals surface area contributed by atoms with Gasteiger partial charge in [-0.25, -0.2) is 0 Å². The first-order chi connectivity index (χ1) is 15.0. The Kier molecular flexibility index (Phi) is 8.60. The van der Waals surface area contributed by atoms with Gasteiger partial charge in [0.15, 0.2) is 0 Å². The van der Waals surface area contributed by atoms with Crippen LogP contribution in [0.1, 0.15) is 47.3 Å². The largest absolute Gasteiger partial charge is 0.491 e. The molecule has 0 unspecified atom stereocenters. The third-order valence-corrected chi connectivity index (χ3v) is 5.95. The minimum atomic E-state index is -0.0154. The zero-order valence-electron chi connectivity index (χ0n) is 18.6. The first-order valence-electron chi connectivity index (χ1n) is 10.8. The topological polar surface area (TPSA) is 38.3 Å². The SMILES string of the molecule is Cc1ccc(SCc2ccc(C(=O)NCCCc3ccc(OC(C)C)cc3)cc2)cc1. The second-order valence-electron chi connectivity index (χ2n) is 7.97. The molecule has 0 aliphatic heterocycles. The molecule has 3 nitrogen and oxygen atoms in total. The summed E-state index contributed by atoms with van der Waals surface area (Å²) < 4.78 is 5.67. The van der Waals surface area contributed by atoms with Gasteiger partial charge in [0.05, 0.1) is 6.10 Å². The summed E-state index contributed by atoms with van der Waals surface area (Å²) in [7, 11) is 0. The molecule has 0 bridgehead atoms. The number of ether oxygens (including phenoxy) is 1. The Bertz CT molecular complexity index is 948. The normalized spacial score (nSPS) is 10.8. The Labute approximate surface area is 190 Å². The van der Waals surface area contributed by atoms with Crippen LogP contribution in [0.5, 0.6) is 5.75 Å². The third-order valence-electron chi connectivity index (χ3n) is 4.87.